The number of rotatable bonds is 5. The quantitative estimate of drug-likeness (QED) is 0.728. The first kappa shape index (κ1) is 17.5. The number of ether oxygens (including phenoxy) is 1. The van der Waals surface area contributed by atoms with Gasteiger partial charge in [-0.2, -0.15) is 4.31 Å². The van der Waals surface area contributed by atoms with Gasteiger partial charge in [0.05, 0.1) is 11.4 Å². The second-order valence-corrected chi connectivity index (χ2v) is 11.1. The standard InChI is InChI=1S/C15H26N2O4S2/c1-12(2)23(19,20)17-10-15(11-17)7-13(9-22-15)21-8-14(18)16-5-3-4-6-16/h12-13H,3-11H2,1-2H3/t13-/m1/s1. The van der Waals surface area contributed by atoms with Crippen molar-refractivity contribution >= 4 is 27.7 Å². The molecule has 0 bridgehead atoms. The lowest BCUT2D eigenvalue weighted by Gasteiger charge is -2.47. The van der Waals surface area contributed by atoms with Gasteiger partial charge in [-0.1, -0.05) is 0 Å². The zero-order valence-electron chi connectivity index (χ0n) is 13.9. The summed E-state index contributed by atoms with van der Waals surface area (Å²) >= 11 is 1.80. The normalized spacial score (nSPS) is 27.8. The summed E-state index contributed by atoms with van der Waals surface area (Å²) in [4.78, 5) is 13.9. The molecule has 1 amide bonds. The third-order valence-electron chi connectivity index (χ3n) is 4.96. The van der Waals surface area contributed by atoms with Crippen LogP contribution in [0.2, 0.25) is 0 Å². The number of carbonyl (C=O) groups excluding carboxylic acids is 1. The molecule has 0 aromatic rings. The number of nitrogens with zero attached hydrogens (tertiary/aromatic N) is 2. The maximum Gasteiger partial charge on any atom is 0.248 e. The SMILES string of the molecule is CC(C)S(=O)(=O)N1CC2(C[C@@H](OCC(=O)N3CCCC3)CS2)C1. The summed E-state index contributed by atoms with van der Waals surface area (Å²) in [5, 5.41) is -0.364. The topological polar surface area (TPSA) is 66.9 Å². The van der Waals surface area contributed by atoms with Crippen molar-refractivity contribution in [2.75, 3.05) is 38.5 Å². The van der Waals surface area contributed by atoms with E-state index in [-0.39, 0.29) is 28.6 Å². The highest BCUT2D eigenvalue weighted by Gasteiger charge is 2.53. The fourth-order valence-electron chi connectivity index (χ4n) is 3.45. The number of hydrogen-bond donors (Lipinski definition) is 0. The molecular formula is C15H26N2O4S2. The molecule has 132 valence electrons. The largest absolute Gasteiger partial charge is 0.367 e. The molecule has 23 heavy (non-hydrogen) atoms. The van der Waals surface area contributed by atoms with Crippen LogP contribution in [0.1, 0.15) is 33.1 Å². The van der Waals surface area contributed by atoms with Crippen LogP contribution in [0.4, 0.5) is 0 Å². The van der Waals surface area contributed by atoms with E-state index in [4.69, 9.17) is 4.74 Å². The molecule has 3 saturated heterocycles. The van der Waals surface area contributed by atoms with Crippen molar-refractivity contribution in [1.82, 2.24) is 9.21 Å². The first-order chi connectivity index (χ1) is 10.8. The van der Waals surface area contributed by atoms with E-state index in [0.29, 0.717) is 13.1 Å². The van der Waals surface area contributed by atoms with Crippen LogP contribution in [0.25, 0.3) is 0 Å². The number of carbonyl (C=O) groups is 1. The van der Waals surface area contributed by atoms with Crippen LogP contribution in [0.5, 0.6) is 0 Å². The molecule has 0 unspecified atom stereocenters. The Labute approximate surface area is 143 Å². The first-order valence-corrected chi connectivity index (χ1v) is 10.8. The van der Waals surface area contributed by atoms with E-state index in [1.54, 1.807) is 29.9 Å². The fourth-order valence-corrected chi connectivity index (χ4v) is 6.62. The molecule has 3 fully saturated rings. The maximum atomic E-state index is 12.1. The van der Waals surface area contributed by atoms with Gasteiger partial charge in [0.1, 0.15) is 6.61 Å². The summed E-state index contributed by atoms with van der Waals surface area (Å²) in [5.74, 6) is 0.939. The molecule has 8 heteroatoms. The number of thioether (sulfide) groups is 1. The van der Waals surface area contributed by atoms with Gasteiger partial charge in [-0.05, 0) is 33.1 Å². The minimum atomic E-state index is -3.14. The first-order valence-electron chi connectivity index (χ1n) is 8.35. The Morgan fingerprint density at radius 3 is 2.57 bits per heavy atom. The van der Waals surface area contributed by atoms with E-state index in [1.165, 1.54) is 0 Å². The van der Waals surface area contributed by atoms with Crippen LogP contribution in [0, 0.1) is 0 Å². The molecule has 0 N–H and O–H groups in total. The zero-order valence-corrected chi connectivity index (χ0v) is 15.5. The Kier molecular flexibility index (Phi) is 4.98. The van der Waals surface area contributed by atoms with Crippen molar-refractivity contribution in [2.24, 2.45) is 0 Å². The molecule has 3 rings (SSSR count). The van der Waals surface area contributed by atoms with Gasteiger partial charge in [0.2, 0.25) is 15.9 Å². The van der Waals surface area contributed by atoms with Gasteiger partial charge in [-0.15, -0.1) is 11.8 Å². The van der Waals surface area contributed by atoms with Gasteiger partial charge in [0, 0.05) is 36.7 Å². The third kappa shape index (κ3) is 3.55. The van der Waals surface area contributed by atoms with Crippen molar-refractivity contribution in [1.29, 1.82) is 0 Å². The predicted molar refractivity (Wildman–Crippen MR) is 91.0 cm³/mol. The van der Waals surface area contributed by atoms with Gasteiger partial charge < -0.3 is 9.64 Å². The highest BCUT2D eigenvalue weighted by Crippen LogP contribution is 2.47. The van der Waals surface area contributed by atoms with Crippen LogP contribution < -0.4 is 0 Å². The van der Waals surface area contributed by atoms with Crippen molar-refractivity contribution in [3.63, 3.8) is 0 Å². The summed E-state index contributed by atoms with van der Waals surface area (Å²) in [6.07, 6.45) is 3.09. The lowest BCUT2D eigenvalue weighted by atomic mass is 9.95. The molecule has 0 saturated carbocycles. The highest BCUT2D eigenvalue weighted by atomic mass is 32.2. The molecular weight excluding hydrogens is 336 g/mol. The second kappa shape index (κ2) is 6.54. The van der Waals surface area contributed by atoms with E-state index in [9.17, 15) is 13.2 Å². The molecule has 0 aromatic carbocycles. The minimum Gasteiger partial charge on any atom is -0.367 e. The van der Waals surface area contributed by atoms with E-state index in [0.717, 1.165) is 38.1 Å². The molecule has 3 heterocycles. The van der Waals surface area contributed by atoms with Gasteiger partial charge in [0.15, 0.2) is 0 Å². The number of likely N-dealkylation sites (tertiary alicyclic amines) is 1. The van der Waals surface area contributed by atoms with Gasteiger partial charge >= 0.3 is 0 Å². The maximum absolute atomic E-state index is 12.1. The number of amides is 1. The highest BCUT2D eigenvalue weighted by molar-refractivity contribution is 8.01. The Hall–Kier alpha value is -0.310. The molecule has 0 radical (unpaired) electrons. The lowest BCUT2D eigenvalue weighted by molar-refractivity contribution is -0.136. The monoisotopic (exact) mass is 362 g/mol. The Morgan fingerprint density at radius 1 is 1.30 bits per heavy atom. The average Bonchev–Trinajstić information content (AvgIpc) is 3.12. The smallest absolute Gasteiger partial charge is 0.248 e. The average molecular weight is 363 g/mol. The number of sulfonamides is 1. The van der Waals surface area contributed by atoms with Crippen molar-refractivity contribution in [3.05, 3.63) is 0 Å². The summed E-state index contributed by atoms with van der Waals surface area (Å²) in [6.45, 7) is 6.47. The Balaban J connectivity index is 1.44. The third-order valence-corrected chi connectivity index (χ3v) is 8.71. The summed E-state index contributed by atoms with van der Waals surface area (Å²) in [5.41, 5.74) is 0. The molecule has 3 aliphatic heterocycles. The summed E-state index contributed by atoms with van der Waals surface area (Å²) in [6, 6.07) is 0. The second-order valence-electron chi connectivity index (χ2n) is 7.08. The predicted octanol–water partition coefficient (Wildman–Crippen LogP) is 0.923. The van der Waals surface area contributed by atoms with Crippen LogP contribution >= 0.6 is 11.8 Å². The zero-order chi connectivity index (χ0) is 16.7. The summed E-state index contributed by atoms with van der Waals surface area (Å²) in [7, 11) is -3.14. The van der Waals surface area contributed by atoms with E-state index in [2.05, 4.69) is 0 Å². The van der Waals surface area contributed by atoms with Gasteiger partial charge in [-0.3, -0.25) is 4.79 Å². The van der Waals surface area contributed by atoms with Crippen molar-refractivity contribution in [3.8, 4) is 0 Å². The lowest BCUT2D eigenvalue weighted by Crippen LogP contribution is -2.61. The van der Waals surface area contributed by atoms with E-state index >= 15 is 0 Å². The molecule has 1 atom stereocenters. The minimum absolute atomic E-state index is 0.00329. The van der Waals surface area contributed by atoms with Gasteiger partial charge in [-0.25, -0.2) is 8.42 Å². The fraction of sp³-hybridized carbons (Fsp3) is 0.933. The van der Waals surface area contributed by atoms with Crippen LogP contribution in [-0.2, 0) is 19.6 Å². The molecule has 3 aliphatic rings. The van der Waals surface area contributed by atoms with E-state index in [1.807, 2.05) is 4.90 Å². The summed E-state index contributed by atoms with van der Waals surface area (Å²) < 4.78 is 31.6. The Bertz CT molecular complexity index is 552. The van der Waals surface area contributed by atoms with Crippen LogP contribution in [-0.4, -0.2) is 78.2 Å². The van der Waals surface area contributed by atoms with Crippen LogP contribution in [0.15, 0.2) is 0 Å². The van der Waals surface area contributed by atoms with Crippen molar-refractivity contribution in [2.45, 2.75) is 49.2 Å². The molecule has 6 nitrogen and oxygen atoms in total. The molecule has 0 aromatic heterocycles. The van der Waals surface area contributed by atoms with E-state index < -0.39 is 10.0 Å². The molecule has 0 aliphatic carbocycles. The molecule has 1 spiro atoms. The van der Waals surface area contributed by atoms with Crippen LogP contribution in [0.3, 0.4) is 0 Å². The van der Waals surface area contributed by atoms with Crippen molar-refractivity contribution < 1.29 is 17.9 Å². The number of hydrogen-bond acceptors (Lipinski definition) is 5. The Morgan fingerprint density at radius 2 is 1.96 bits per heavy atom. The van der Waals surface area contributed by atoms with Gasteiger partial charge in [0.25, 0.3) is 0 Å².